The Morgan fingerprint density at radius 2 is 2.13 bits per heavy atom. The first-order chi connectivity index (χ1) is 11.1. The summed E-state index contributed by atoms with van der Waals surface area (Å²) in [5.74, 6) is -0.402. The summed E-state index contributed by atoms with van der Waals surface area (Å²) in [5.41, 5.74) is 1.29. The van der Waals surface area contributed by atoms with Gasteiger partial charge in [-0.2, -0.15) is 0 Å². The molecule has 2 amide bonds. The van der Waals surface area contributed by atoms with E-state index in [2.05, 4.69) is 10.6 Å². The quantitative estimate of drug-likeness (QED) is 0.793. The van der Waals surface area contributed by atoms with E-state index < -0.39 is 12.1 Å². The van der Waals surface area contributed by atoms with E-state index >= 15 is 0 Å². The molecule has 0 aliphatic carbocycles. The van der Waals surface area contributed by atoms with Crippen molar-refractivity contribution in [3.8, 4) is 0 Å². The Labute approximate surface area is 137 Å². The molecule has 1 aromatic carbocycles. The van der Waals surface area contributed by atoms with Gasteiger partial charge in [0.2, 0.25) is 5.91 Å². The highest BCUT2D eigenvalue weighted by molar-refractivity contribution is 7.12. The standard InChI is InChI=1S/C16H16N2O4S/c19-14-9-22-8-12(18-14)15(20)10-3-5-11(6-4-10)17-16(21)13-2-1-7-23-13/h1-7,12,15,20H,8-9H2,(H,17,21)(H,18,19)/t12-,15-/m1/s1. The van der Waals surface area contributed by atoms with E-state index in [0.29, 0.717) is 16.1 Å². The number of hydrogen-bond donors (Lipinski definition) is 3. The number of hydrogen-bond acceptors (Lipinski definition) is 5. The Bertz CT molecular complexity index is 685. The highest BCUT2D eigenvalue weighted by Gasteiger charge is 2.26. The van der Waals surface area contributed by atoms with E-state index in [1.807, 2.05) is 11.4 Å². The van der Waals surface area contributed by atoms with Crippen LogP contribution < -0.4 is 10.6 Å². The molecule has 1 aliphatic heterocycles. The van der Waals surface area contributed by atoms with Gasteiger partial charge in [0.05, 0.1) is 17.5 Å². The van der Waals surface area contributed by atoms with Gasteiger partial charge < -0.3 is 20.5 Å². The number of carbonyl (C=O) groups is 2. The number of anilines is 1. The van der Waals surface area contributed by atoms with Crippen LogP contribution in [0.5, 0.6) is 0 Å². The predicted octanol–water partition coefficient (Wildman–Crippen LogP) is 1.55. The summed E-state index contributed by atoms with van der Waals surface area (Å²) >= 11 is 1.37. The van der Waals surface area contributed by atoms with Gasteiger partial charge in [-0.15, -0.1) is 11.3 Å². The monoisotopic (exact) mass is 332 g/mol. The number of aliphatic hydroxyl groups is 1. The molecule has 0 radical (unpaired) electrons. The Kier molecular flexibility index (Phi) is 4.71. The second kappa shape index (κ2) is 6.91. The number of aliphatic hydroxyl groups excluding tert-OH is 1. The average molecular weight is 332 g/mol. The van der Waals surface area contributed by atoms with Gasteiger partial charge in [0, 0.05) is 5.69 Å². The van der Waals surface area contributed by atoms with E-state index in [1.165, 1.54) is 11.3 Å². The third-order valence-electron chi connectivity index (χ3n) is 3.51. The molecule has 1 fully saturated rings. The van der Waals surface area contributed by atoms with E-state index in [-0.39, 0.29) is 25.0 Å². The summed E-state index contributed by atoms with van der Waals surface area (Å²) in [4.78, 5) is 23.9. The van der Waals surface area contributed by atoms with Crippen LogP contribution in [-0.4, -0.2) is 36.2 Å². The van der Waals surface area contributed by atoms with E-state index in [1.54, 1.807) is 30.3 Å². The van der Waals surface area contributed by atoms with Gasteiger partial charge in [-0.05, 0) is 29.1 Å². The molecule has 23 heavy (non-hydrogen) atoms. The predicted molar refractivity (Wildman–Crippen MR) is 86.4 cm³/mol. The van der Waals surface area contributed by atoms with Crippen molar-refractivity contribution in [2.24, 2.45) is 0 Å². The molecule has 2 aromatic rings. The Morgan fingerprint density at radius 1 is 1.35 bits per heavy atom. The van der Waals surface area contributed by atoms with Crippen LogP contribution in [0.2, 0.25) is 0 Å². The van der Waals surface area contributed by atoms with Crippen LogP contribution in [-0.2, 0) is 9.53 Å². The minimum atomic E-state index is -0.860. The summed E-state index contributed by atoms with van der Waals surface area (Å²) < 4.78 is 5.13. The van der Waals surface area contributed by atoms with Crippen LogP contribution in [0.15, 0.2) is 41.8 Å². The number of thiophene rings is 1. The van der Waals surface area contributed by atoms with Gasteiger partial charge in [0.15, 0.2) is 0 Å². The van der Waals surface area contributed by atoms with Crippen LogP contribution in [0.25, 0.3) is 0 Å². The first kappa shape index (κ1) is 15.7. The van der Waals surface area contributed by atoms with Crippen molar-refractivity contribution in [2.75, 3.05) is 18.5 Å². The second-order valence-electron chi connectivity index (χ2n) is 5.19. The van der Waals surface area contributed by atoms with Crippen molar-refractivity contribution in [2.45, 2.75) is 12.1 Å². The SMILES string of the molecule is O=C1COC[C@H]([C@H](O)c2ccc(NC(=O)c3cccs3)cc2)N1. The van der Waals surface area contributed by atoms with Crippen molar-refractivity contribution in [3.63, 3.8) is 0 Å². The Hall–Kier alpha value is -2.22. The lowest BCUT2D eigenvalue weighted by molar-refractivity contribution is -0.133. The fraction of sp³-hybridized carbons (Fsp3) is 0.250. The van der Waals surface area contributed by atoms with E-state index in [4.69, 9.17) is 4.74 Å². The molecule has 0 saturated carbocycles. The van der Waals surface area contributed by atoms with Crippen molar-refractivity contribution in [1.29, 1.82) is 0 Å². The highest BCUT2D eigenvalue weighted by Crippen LogP contribution is 2.21. The maximum absolute atomic E-state index is 12.0. The number of rotatable bonds is 4. The van der Waals surface area contributed by atoms with Crippen LogP contribution in [0.3, 0.4) is 0 Å². The van der Waals surface area contributed by atoms with Crippen LogP contribution >= 0.6 is 11.3 Å². The third kappa shape index (κ3) is 3.76. The lowest BCUT2D eigenvalue weighted by Gasteiger charge is -2.28. The summed E-state index contributed by atoms with van der Waals surface area (Å²) in [5, 5.41) is 17.6. The molecule has 1 aromatic heterocycles. The number of amides is 2. The number of nitrogens with one attached hydrogen (secondary N) is 2. The number of carbonyl (C=O) groups excluding carboxylic acids is 2. The molecular weight excluding hydrogens is 316 g/mol. The lowest BCUT2D eigenvalue weighted by atomic mass is 10.0. The maximum Gasteiger partial charge on any atom is 0.265 e. The first-order valence-corrected chi connectivity index (χ1v) is 8.01. The number of benzene rings is 1. The summed E-state index contributed by atoms with van der Waals surface area (Å²) in [7, 11) is 0. The molecule has 1 saturated heterocycles. The zero-order chi connectivity index (χ0) is 16.2. The van der Waals surface area contributed by atoms with Gasteiger partial charge in [0.25, 0.3) is 5.91 Å². The van der Waals surface area contributed by atoms with Crippen molar-refractivity contribution in [3.05, 3.63) is 52.2 Å². The molecule has 7 heteroatoms. The van der Waals surface area contributed by atoms with Crippen LogP contribution in [0.4, 0.5) is 5.69 Å². The van der Waals surface area contributed by atoms with Gasteiger partial charge in [-0.3, -0.25) is 9.59 Å². The zero-order valence-corrected chi connectivity index (χ0v) is 13.0. The molecule has 120 valence electrons. The largest absolute Gasteiger partial charge is 0.386 e. The van der Waals surface area contributed by atoms with E-state index in [0.717, 1.165) is 0 Å². The average Bonchev–Trinajstić information content (AvgIpc) is 3.09. The molecule has 3 rings (SSSR count). The highest BCUT2D eigenvalue weighted by atomic mass is 32.1. The molecule has 1 aliphatic rings. The van der Waals surface area contributed by atoms with Gasteiger partial charge in [0.1, 0.15) is 12.7 Å². The summed E-state index contributed by atoms with van der Waals surface area (Å²) in [6.07, 6.45) is -0.860. The normalized spacial score (nSPS) is 19.0. The third-order valence-corrected chi connectivity index (χ3v) is 4.38. The molecule has 0 spiro atoms. The Morgan fingerprint density at radius 3 is 2.78 bits per heavy atom. The molecule has 3 N–H and O–H groups in total. The molecule has 0 unspecified atom stereocenters. The number of ether oxygens (including phenoxy) is 1. The van der Waals surface area contributed by atoms with Crippen molar-refractivity contribution in [1.82, 2.24) is 5.32 Å². The van der Waals surface area contributed by atoms with Crippen LogP contribution in [0.1, 0.15) is 21.3 Å². The second-order valence-corrected chi connectivity index (χ2v) is 6.14. The molecule has 6 nitrogen and oxygen atoms in total. The van der Waals surface area contributed by atoms with Crippen molar-refractivity contribution >= 4 is 28.8 Å². The molecule has 0 bridgehead atoms. The summed E-state index contributed by atoms with van der Waals surface area (Å²) in [6, 6.07) is 9.97. The fourth-order valence-electron chi connectivity index (χ4n) is 2.34. The van der Waals surface area contributed by atoms with Crippen LogP contribution in [0, 0.1) is 0 Å². The van der Waals surface area contributed by atoms with Gasteiger partial charge in [-0.25, -0.2) is 0 Å². The minimum Gasteiger partial charge on any atom is -0.386 e. The van der Waals surface area contributed by atoms with Gasteiger partial charge in [-0.1, -0.05) is 18.2 Å². The van der Waals surface area contributed by atoms with Gasteiger partial charge >= 0.3 is 0 Å². The molecule has 2 heterocycles. The summed E-state index contributed by atoms with van der Waals surface area (Å²) in [6.45, 7) is 0.292. The minimum absolute atomic E-state index is 0.0247. The Balaban J connectivity index is 1.64. The molecular formula is C16H16N2O4S. The lowest BCUT2D eigenvalue weighted by Crippen LogP contribution is -2.48. The zero-order valence-electron chi connectivity index (χ0n) is 12.2. The first-order valence-electron chi connectivity index (χ1n) is 7.13. The van der Waals surface area contributed by atoms with E-state index in [9.17, 15) is 14.7 Å². The fourth-order valence-corrected chi connectivity index (χ4v) is 2.95. The topological polar surface area (TPSA) is 87.7 Å². The smallest absolute Gasteiger partial charge is 0.265 e. The number of morpholine rings is 1. The van der Waals surface area contributed by atoms with Crippen molar-refractivity contribution < 1.29 is 19.4 Å². The maximum atomic E-state index is 12.0. The molecule has 2 atom stereocenters.